The molecule has 0 rings (SSSR count). The van der Waals surface area contributed by atoms with Gasteiger partial charge in [0, 0.05) is 0 Å². The number of hydrogen-bond acceptors (Lipinski definition) is 2. The molecular weight excluding hydrogens is 189 g/mol. The van der Waals surface area contributed by atoms with Crippen molar-refractivity contribution in [1.82, 2.24) is 0 Å². The van der Waals surface area contributed by atoms with E-state index in [1.165, 1.54) is 0 Å². The zero-order valence-electron chi connectivity index (χ0n) is 2.39. The molecule has 0 aliphatic rings. The summed E-state index contributed by atoms with van der Waals surface area (Å²) in [5, 5.41) is 0. The van der Waals surface area contributed by atoms with Crippen molar-refractivity contribution in [2.45, 2.75) is 0 Å². The molecule has 0 fully saturated rings. The summed E-state index contributed by atoms with van der Waals surface area (Å²) < 4.78 is 14.0. The second kappa shape index (κ2) is 247. The molecule has 3 nitrogen and oxygen atoms in total. The second-order valence-corrected chi connectivity index (χ2v) is 0. The van der Waals surface area contributed by atoms with Crippen molar-refractivity contribution in [3.63, 3.8) is 0 Å². The molecule has 0 saturated carbocycles. The van der Waals surface area contributed by atoms with E-state index in [-0.39, 0.29) is 5.48 Å². The maximum absolute atomic E-state index is 7.00. The Kier molecular flexibility index (Phi) is 887. The van der Waals surface area contributed by atoms with Crippen LogP contribution >= 0.6 is 0 Å². The van der Waals surface area contributed by atoms with Gasteiger partial charge in [0.05, 0.1) is 0 Å². The van der Waals surface area contributed by atoms with Gasteiger partial charge in [0.1, 0.15) is 0 Å². The molecule has 5 heavy (non-hydrogen) atoms. The Bertz CT molecular complexity index is 23.1. The van der Waals surface area contributed by atoms with Gasteiger partial charge in [0.2, 0.25) is 0 Å². The van der Waals surface area contributed by atoms with E-state index in [1.54, 1.807) is 0 Å². The molecule has 0 amide bonds. The quantitative estimate of drug-likeness (QED) is 0.434. The summed E-state index contributed by atoms with van der Waals surface area (Å²) in [7, 11) is 0. The van der Waals surface area contributed by atoms with E-state index in [0.29, 0.717) is 0 Å². The molecule has 26 valence electrons. The topological polar surface area (TPSA) is 79.1 Å². The third kappa shape index (κ3) is 125. The number of rotatable bonds is 0. The Labute approximate surface area is 46.4 Å². The monoisotopic (exact) mass is 194 g/mol. The molecule has 0 aliphatic heterocycles. The molecule has 0 spiro atoms. The van der Waals surface area contributed by atoms with Gasteiger partial charge in [-0.25, -0.2) is 0 Å². The molecule has 2 radical (unpaired) electrons. The van der Waals surface area contributed by atoms with Crippen LogP contribution in [0.2, 0.25) is 0 Å². The van der Waals surface area contributed by atoms with Gasteiger partial charge in [0.25, 0.3) is 0 Å². The van der Waals surface area contributed by atoms with Gasteiger partial charge >= 0.3 is 40.6 Å². The Balaban J connectivity index is -0.0000000133. The zero-order valence-corrected chi connectivity index (χ0v) is 6.59. The Morgan fingerprint density at radius 3 is 0.800 bits per heavy atom. The predicted molar refractivity (Wildman–Crippen MR) is 18.6 cm³/mol. The van der Waals surface area contributed by atoms with Crippen LogP contribution < -0.4 is 0 Å². The van der Waals surface area contributed by atoms with E-state index in [1.807, 2.05) is 0 Å². The van der Waals surface area contributed by atoms with Crippen molar-refractivity contribution < 1.29 is 5.48 Å². The van der Waals surface area contributed by atoms with Crippen LogP contribution in [0.15, 0.2) is 0 Å². The van der Waals surface area contributed by atoms with Gasteiger partial charge in [-0.2, -0.15) is 0 Å². The molecular formula is H2Ge2N2O. The van der Waals surface area contributed by atoms with E-state index in [4.69, 9.17) is 8.28 Å². The molecule has 5 heteroatoms. The predicted octanol–water partition coefficient (Wildman–Crippen LogP) is -1.56. The first-order valence-electron chi connectivity index (χ1n) is 0.447. The summed E-state index contributed by atoms with van der Waals surface area (Å²) in [6.45, 7) is 0. The van der Waals surface area contributed by atoms with E-state index in [9.17, 15) is 0 Å². The average Bonchev–Trinajstić information content (AvgIpc) is 1.50. The van der Waals surface area contributed by atoms with Crippen molar-refractivity contribution in [3.8, 4) is 0 Å². The average molecular weight is 191 g/mol. The fourth-order valence-corrected chi connectivity index (χ4v) is 0. The van der Waals surface area contributed by atoms with Crippen LogP contribution in [0.25, 0.3) is 0 Å². The van der Waals surface area contributed by atoms with Gasteiger partial charge in [-0.1, -0.05) is 0 Å². The fourth-order valence-electron chi connectivity index (χ4n) is 0. The molecule has 2 N–H and O–H groups in total. The van der Waals surface area contributed by atoms with Gasteiger partial charge in [-0.05, 0) is 0 Å². The van der Waals surface area contributed by atoms with Crippen LogP contribution in [-0.4, -0.2) is 37.8 Å². The molecule has 0 unspecified atom stereocenters. The van der Waals surface area contributed by atoms with Crippen LogP contribution in [0.5, 0.6) is 0 Å². The summed E-state index contributed by atoms with van der Waals surface area (Å²) in [5.74, 6) is 0. The number of hydrogen-bond donors (Lipinski definition) is 0. The molecule has 0 aliphatic carbocycles. The maximum atomic E-state index is 7.00. The van der Waals surface area contributed by atoms with Crippen LogP contribution in [-0.2, 0) is 0 Å². The summed E-state index contributed by atoms with van der Waals surface area (Å²) >= 11 is 2.00. The summed E-state index contributed by atoms with van der Waals surface area (Å²) in [6.07, 6.45) is 0. The van der Waals surface area contributed by atoms with Gasteiger partial charge < -0.3 is 5.48 Å². The van der Waals surface area contributed by atoms with Crippen molar-refractivity contribution in [2.24, 2.45) is 0 Å². The second-order valence-electron chi connectivity index (χ2n) is 0. The van der Waals surface area contributed by atoms with Crippen LogP contribution in [0.3, 0.4) is 0 Å². The Morgan fingerprint density at radius 1 is 0.800 bits per heavy atom. The third-order valence-electron chi connectivity index (χ3n) is 0. The van der Waals surface area contributed by atoms with Crippen molar-refractivity contribution in [3.05, 3.63) is 0 Å². The molecule has 0 aromatic rings. The van der Waals surface area contributed by atoms with Crippen LogP contribution in [0.1, 0.15) is 0 Å². The van der Waals surface area contributed by atoms with Gasteiger partial charge in [-0.3, -0.25) is 0 Å². The molecule has 0 aromatic heterocycles. The first-order chi connectivity index (χ1) is 2.00. The van der Waals surface area contributed by atoms with Crippen molar-refractivity contribution >= 4 is 32.3 Å². The van der Waals surface area contributed by atoms with E-state index < -0.39 is 0 Å². The third-order valence-corrected chi connectivity index (χ3v) is 0. The number of nitrogens with zero attached hydrogens (tertiary/aromatic N) is 2. The van der Waals surface area contributed by atoms with Gasteiger partial charge in [0.15, 0.2) is 0 Å². The van der Waals surface area contributed by atoms with E-state index in [2.05, 4.69) is 0 Å². The zero-order chi connectivity index (χ0) is 4.00. The van der Waals surface area contributed by atoms with Crippen molar-refractivity contribution in [1.29, 1.82) is 8.28 Å². The SMILES string of the molecule is O.[N]#[Ge].[N]#[Ge]. The van der Waals surface area contributed by atoms with Crippen molar-refractivity contribution in [2.75, 3.05) is 0 Å². The fraction of sp³-hybridized carbons (Fsp3) is 0. The first-order valence-corrected chi connectivity index (χ1v) is 2.32. The Hall–Kier alpha value is 0.466. The molecule has 0 bridgehead atoms. The first kappa shape index (κ1) is 17.9. The Morgan fingerprint density at radius 2 is 0.800 bits per heavy atom. The molecule has 0 aromatic carbocycles. The summed E-state index contributed by atoms with van der Waals surface area (Å²) in [6, 6.07) is 0. The minimum atomic E-state index is 0. The summed E-state index contributed by atoms with van der Waals surface area (Å²) in [5.41, 5.74) is 0. The van der Waals surface area contributed by atoms with Gasteiger partial charge in [-0.15, -0.1) is 0 Å². The van der Waals surface area contributed by atoms with E-state index in [0.717, 1.165) is 32.3 Å². The standard InChI is InChI=1S/2GeN.H2O/c2*1-2;/h;;1H2. The summed E-state index contributed by atoms with van der Waals surface area (Å²) in [4.78, 5) is 0. The van der Waals surface area contributed by atoms with E-state index >= 15 is 0 Å². The normalized spacial score (nSPS) is 0.800. The molecule has 0 heterocycles. The van der Waals surface area contributed by atoms with Crippen LogP contribution in [0, 0.1) is 8.28 Å². The minimum absolute atomic E-state index is 0. The molecule has 0 atom stereocenters. The van der Waals surface area contributed by atoms with Crippen LogP contribution in [0.4, 0.5) is 0 Å². The molecule has 0 saturated heterocycles.